The highest BCUT2D eigenvalue weighted by Crippen LogP contribution is 2.26. The number of nitrogens with one attached hydrogen (secondary N) is 1. The Balaban J connectivity index is 1.64. The molecule has 32 heavy (non-hydrogen) atoms. The van der Waals surface area contributed by atoms with Gasteiger partial charge in [0.15, 0.2) is 0 Å². The summed E-state index contributed by atoms with van der Waals surface area (Å²) in [7, 11) is 0. The van der Waals surface area contributed by atoms with Gasteiger partial charge in [0.2, 0.25) is 0 Å². The Labute approximate surface area is 189 Å². The van der Waals surface area contributed by atoms with Crippen molar-refractivity contribution in [3.63, 3.8) is 0 Å². The van der Waals surface area contributed by atoms with Crippen LogP contribution in [0.4, 0.5) is 5.69 Å². The van der Waals surface area contributed by atoms with Crippen LogP contribution in [0, 0.1) is 25.7 Å². The second-order valence-electron chi connectivity index (χ2n) is 8.32. The quantitative estimate of drug-likeness (QED) is 0.380. The van der Waals surface area contributed by atoms with Gasteiger partial charge in [0, 0.05) is 40.0 Å². The van der Waals surface area contributed by atoms with Crippen molar-refractivity contribution in [1.29, 1.82) is 0 Å². The normalized spacial score (nSPS) is 10.7. The van der Waals surface area contributed by atoms with Crippen LogP contribution in [0.1, 0.15) is 57.9 Å². The average molecular weight is 419 g/mol. The number of rotatable bonds is 3. The summed E-state index contributed by atoms with van der Waals surface area (Å²) >= 11 is 0. The van der Waals surface area contributed by atoms with Gasteiger partial charge in [0.05, 0.1) is 5.56 Å². The molecule has 0 aliphatic carbocycles. The summed E-state index contributed by atoms with van der Waals surface area (Å²) in [6.45, 7) is 8.37. The topological polar surface area (TPSA) is 42.0 Å². The predicted molar refractivity (Wildman–Crippen MR) is 132 cm³/mol. The Morgan fingerprint density at radius 2 is 1.69 bits per heavy atom. The molecule has 3 aromatic carbocycles. The molecule has 0 saturated carbocycles. The summed E-state index contributed by atoms with van der Waals surface area (Å²) in [5.41, 5.74) is 6.51. The third-order valence-electron chi connectivity index (χ3n) is 5.75. The van der Waals surface area contributed by atoms with Crippen LogP contribution in [-0.2, 0) is 0 Å². The first-order chi connectivity index (χ1) is 15.4. The van der Waals surface area contributed by atoms with Crippen molar-refractivity contribution in [3.8, 4) is 11.8 Å². The smallest absolute Gasteiger partial charge is 0.255 e. The van der Waals surface area contributed by atoms with Gasteiger partial charge in [-0.2, -0.15) is 0 Å². The van der Waals surface area contributed by atoms with Gasteiger partial charge in [-0.3, -0.25) is 9.78 Å². The maximum Gasteiger partial charge on any atom is 0.255 e. The number of hydrogen-bond donors (Lipinski definition) is 1. The van der Waals surface area contributed by atoms with Crippen LogP contribution in [0.2, 0.25) is 0 Å². The van der Waals surface area contributed by atoms with Crippen LogP contribution in [0.5, 0.6) is 0 Å². The van der Waals surface area contributed by atoms with Crippen LogP contribution in [0.15, 0.2) is 73.1 Å². The van der Waals surface area contributed by atoms with Gasteiger partial charge in [-0.25, -0.2) is 0 Å². The number of aryl methyl sites for hydroxylation is 1. The molecule has 0 fully saturated rings. The monoisotopic (exact) mass is 418 g/mol. The van der Waals surface area contributed by atoms with Crippen LogP contribution in [0.3, 0.4) is 0 Å². The maximum atomic E-state index is 13.0. The second-order valence-corrected chi connectivity index (χ2v) is 8.32. The van der Waals surface area contributed by atoms with Crippen molar-refractivity contribution in [2.45, 2.75) is 33.6 Å². The third-order valence-corrected chi connectivity index (χ3v) is 5.75. The molecule has 0 unspecified atom stereocenters. The highest BCUT2D eigenvalue weighted by Gasteiger charge is 2.12. The van der Waals surface area contributed by atoms with Crippen LogP contribution >= 0.6 is 0 Å². The number of anilines is 1. The van der Waals surface area contributed by atoms with E-state index in [9.17, 15) is 4.79 Å². The highest BCUT2D eigenvalue weighted by atomic mass is 16.1. The van der Waals surface area contributed by atoms with E-state index in [-0.39, 0.29) is 5.91 Å². The Morgan fingerprint density at radius 3 is 2.50 bits per heavy atom. The Hall–Kier alpha value is -3.90. The molecule has 1 amide bonds. The van der Waals surface area contributed by atoms with E-state index in [2.05, 4.69) is 49.0 Å². The standard InChI is InChI=1S/C29H26N2O/c1-19(2)26-10-7-11-28(21(26)4)31-29(32)23-13-12-20(3)22(16-23)14-15-25-18-30-17-24-8-5-6-9-27(24)25/h5-13,16-19H,1-4H3,(H,31,32). The fourth-order valence-corrected chi connectivity index (χ4v) is 3.86. The van der Waals surface area contributed by atoms with Gasteiger partial charge < -0.3 is 5.32 Å². The second kappa shape index (κ2) is 9.08. The third kappa shape index (κ3) is 4.40. The predicted octanol–water partition coefficient (Wildman–Crippen LogP) is 6.63. The molecule has 0 aliphatic heterocycles. The molecular weight excluding hydrogens is 392 g/mol. The van der Waals surface area contributed by atoms with Crippen molar-refractivity contribution in [2.24, 2.45) is 0 Å². The number of fused-ring (bicyclic) bond motifs is 1. The Kier molecular flexibility index (Phi) is 6.05. The van der Waals surface area contributed by atoms with Gasteiger partial charge in [0.1, 0.15) is 0 Å². The summed E-state index contributed by atoms with van der Waals surface area (Å²) in [6.07, 6.45) is 3.62. The lowest BCUT2D eigenvalue weighted by Gasteiger charge is -2.15. The first-order valence-corrected chi connectivity index (χ1v) is 10.8. The summed E-state index contributed by atoms with van der Waals surface area (Å²) in [6, 6.07) is 19.8. The number of pyridine rings is 1. The lowest BCUT2D eigenvalue weighted by molar-refractivity contribution is 0.102. The minimum atomic E-state index is -0.135. The van der Waals surface area contributed by atoms with E-state index in [1.807, 2.05) is 67.7 Å². The zero-order valence-electron chi connectivity index (χ0n) is 18.9. The number of amides is 1. The van der Waals surface area contributed by atoms with Crippen molar-refractivity contribution in [3.05, 3.63) is 106 Å². The molecule has 1 aromatic heterocycles. The minimum Gasteiger partial charge on any atom is -0.322 e. The minimum absolute atomic E-state index is 0.135. The first kappa shape index (κ1) is 21.3. The summed E-state index contributed by atoms with van der Waals surface area (Å²) in [4.78, 5) is 17.3. The van der Waals surface area contributed by atoms with E-state index in [0.29, 0.717) is 11.5 Å². The van der Waals surface area contributed by atoms with Crippen molar-refractivity contribution < 1.29 is 4.79 Å². The van der Waals surface area contributed by atoms with E-state index in [0.717, 1.165) is 38.7 Å². The number of nitrogens with zero attached hydrogens (tertiary/aromatic N) is 1. The number of benzene rings is 3. The largest absolute Gasteiger partial charge is 0.322 e. The molecule has 0 bridgehead atoms. The first-order valence-electron chi connectivity index (χ1n) is 10.8. The van der Waals surface area contributed by atoms with Crippen LogP contribution < -0.4 is 5.32 Å². The lowest BCUT2D eigenvalue weighted by atomic mass is 9.96. The van der Waals surface area contributed by atoms with Crippen LogP contribution in [0.25, 0.3) is 10.8 Å². The fraction of sp³-hybridized carbons (Fsp3) is 0.172. The van der Waals surface area contributed by atoms with Gasteiger partial charge in [-0.1, -0.05) is 68.2 Å². The SMILES string of the molecule is Cc1ccc(C(=O)Nc2cccc(C(C)C)c2C)cc1C#Cc1cncc2ccccc12. The molecule has 0 radical (unpaired) electrons. The Morgan fingerprint density at radius 1 is 0.906 bits per heavy atom. The van der Waals surface area contributed by atoms with Crippen molar-refractivity contribution in [2.75, 3.05) is 5.32 Å². The van der Waals surface area contributed by atoms with Gasteiger partial charge in [0.25, 0.3) is 5.91 Å². The van der Waals surface area contributed by atoms with E-state index in [1.54, 1.807) is 6.20 Å². The summed E-state index contributed by atoms with van der Waals surface area (Å²) in [5.74, 6) is 6.76. The van der Waals surface area contributed by atoms with E-state index in [1.165, 1.54) is 5.56 Å². The molecule has 1 heterocycles. The molecule has 158 valence electrons. The molecule has 0 spiro atoms. The lowest BCUT2D eigenvalue weighted by Crippen LogP contribution is -2.14. The molecule has 3 heteroatoms. The molecule has 1 N–H and O–H groups in total. The number of carbonyl (C=O) groups excluding carboxylic acids is 1. The fourth-order valence-electron chi connectivity index (χ4n) is 3.86. The molecule has 4 aromatic rings. The van der Waals surface area contributed by atoms with E-state index < -0.39 is 0 Å². The zero-order chi connectivity index (χ0) is 22.7. The van der Waals surface area contributed by atoms with Crippen molar-refractivity contribution in [1.82, 2.24) is 4.98 Å². The average Bonchev–Trinajstić information content (AvgIpc) is 2.79. The van der Waals surface area contributed by atoms with Crippen LogP contribution in [-0.4, -0.2) is 10.9 Å². The van der Waals surface area contributed by atoms with Gasteiger partial charge in [-0.05, 0) is 54.7 Å². The zero-order valence-corrected chi connectivity index (χ0v) is 18.9. The molecular formula is C29H26N2O. The summed E-state index contributed by atoms with van der Waals surface area (Å²) in [5, 5.41) is 5.20. The molecule has 4 rings (SSSR count). The Bertz CT molecular complexity index is 1370. The molecule has 0 aliphatic rings. The van der Waals surface area contributed by atoms with Gasteiger partial charge in [-0.15, -0.1) is 0 Å². The number of hydrogen-bond acceptors (Lipinski definition) is 2. The van der Waals surface area contributed by atoms with Gasteiger partial charge >= 0.3 is 0 Å². The number of carbonyl (C=O) groups is 1. The van der Waals surface area contributed by atoms with E-state index >= 15 is 0 Å². The maximum absolute atomic E-state index is 13.0. The molecule has 0 atom stereocenters. The molecule has 0 saturated heterocycles. The summed E-state index contributed by atoms with van der Waals surface area (Å²) < 4.78 is 0. The van der Waals surface area contributed by atoms with Crippen molar-refractivity contribution >= 4 is 22.4 Å². The highest BCUT2D eigenvalue weighted by molar-refractivity contribution is 6.05. The van der Waals surface area contributed by atoms with E-state index in [4.69, 9.17) is 0 Å². The molecule has 3 nitrogen and oxygen atoms in total. The number of aromatic nitrogens is 1.